The van der Waals surface area contributed by atoms with Crippen molar-refractivity contribution in [3.63, 3.8) is 0 Å². The summed E-state index contributed by atoms with van der Waals surface area (Å²) in [6.45, 7) is 2.10. The number of halogens is 3. The average molecular weight is 641 g/mol. The van der Waals surface area contributed by atoms with E-state index in [-0.39, 0.29) is 12.6 Å². The Morgan fingerprint density at radius 3 is 2.58 bits per heavy atom. The highest BCUT2D eigenvalue weighted by Crippen LogP contribution is 2.41. The number of pyridine rings is 2. The first-order valence-electron chi connectivity index (χ1n) is 13.4. The summed E-state index contributed by atoms with van der Waals surface area (Å²) in [6.07, 6.45) is 3.24. The summed E-state index contributed by atoms with van der Waals surface area (Å²) in [7, 11) is 1.56. The smallest absolute Gasteiger partial charge is 0.188 e. The molecule has 0 amide bonds. The zero-order valence-electron chi connectivity index (χ0n) is 23.2. The van der Waals surface area contributed by atoms with Gasteiger partial charge < -0.3 is 30.2 Å². The van der Waals surface area contributed by atoms with Gasteiger partial charge in [-0.05, 0) is 43.0 Å². The number of fused-ring (bicyclic) bond motifs is 1. The van der Waals surface area contributed by atoms with Crippen LogP contribution in [0.15, 0.2) is 48.7 Å². The predicted octanol–water partition coefficient (Wildman–Crippen LogP) is 6.78. The maximum atomic E-state index is 9.88. The number of guanidine groups is 1. The van der Waals surface area contributed by atoms with E-state index in [2.05, 4.69) is 21.4 Å². The van der Waals surface area contributed by atoms with Gasteiger partial charge in [0.15, 0.2) is 17.5 Å². The van der Waals surface area contributed by atoms with Crippen LogP contribution < -0.4 is 25.3 Å². The first-order chi connectivity index (χ1) is 20.7. The van der Waals surface area contributed by atoms with Gasteiger partial charge in [0, 0.05) is 36.8 Å². The van der Waals surface area contributed by atoms with Crippen molar-refractivity contribution in [2.24, 2.45) is 11.7 Å². The molecule has 5 rings (SSSR count). The molecule has 0 saturated carbocycles. The molecule has 0 bridgehead atoms. The Bertz CT molecular complexity index is 1710. The topological polar surface area (TPSA) is 142 Å². The number of nitriles is 1. The van der Waals surface area contributed by atoms with Crippen molar-refractivity contribution in [1.29, 1.82) is 10.7 Å². The van der Waals surface area contributed by atoms with Crippen molar-refractivity contribution in [1.82, 2.24) is 14.9 Å². The fourth-order valence-electron chi connectivity index (χ4n) is 4.79. The van der Waals surface area contributed by atoms with E-state index in [1.165, 1.54) is 6.20 Å². The third-order valence-corrected chi connectivity index (χ3v) is 7.95. The van der Waals surface area contributed by atoms with Gasteiger partial charge in [-0.1, -0.05) is 40.9 Å². The Balaban J connectivity index is 1.37. The van der Waals surface area contributed by atoms with Gasteiger partial charge in [-0.2, -0.15) is 5.26 Å². The number of hydrogen-bond donors (Lipinski definition) is 3. The van der Waals surface area contributed by atoms with E-state index in [1.54, 1.807) is 49.6 Å². The highest BCUT2D eigenvalue weighted by Gasteiger charge is 2.22. The lowest BCUT2D eigenvalue weighted by Gasteiger charge is -2.32. The minimum absolute atomic E-state index is 0.0991. The number of likely N-dealkylation sites (tertiary alicyclic amines) is 1. The molecule has 0 spiro atoms. The lowest BCUT2D eigenvalue weighted by atomic mass is 9.98. The number of anilines is 2. The number of hydrogen-bond acceptors (Lipinski definition) is 8. The predicted molar refractivity (Wildman–Crippen MR) is 168 cm³/mol. The first kappa shape index (κ1) is 30.3. The largest absolute Gasteiger partial charge is 0.493 e. The second-order valence-corrected chi connectivity index (χ2v) is 11.1. The van der Waals surface area contributed by atoms with Crippen molar-refractivity contribution < 1.29 is 14.2 Å². The van der Waals surface area contributed by atoms with Crippen LogP contribution in [0.25, 0.3) is 10.9 Å². The molecular weight excluding hydrogens is 613 g/mol. The van der Waals surface area contributed by atoms with Gasteiger partial charge in [0.1, 0.15) is 23.6 Å². The van der Waals surface area contributed by atoms with E-state index < -0.39 is 0 Å². The lowest BCUT2D eigenvalue weighted by molar-refractivity contribution is 0.176. The number of aromatic nitrogens is 2. The third kappa shape index (κ3) is 7.08. The summed E-state index contributed by atoms with van der Waals surface area (Å²) in [5, 5.41) is 22.4. The van der Waals surface area contributed by atoms with Crippen molar-refractivity contribution in [3.05, 3.63) is 75.1 Å². The number of benzene rings is 2. The molecule has 1 aliphatic rings. The van der Waals surface area contributed by atoms with Gasteiger partial charge in [-0.3, -0.25) is 10.4 Å². The molecule has 10 nitrogen and oxygen atoms in total. The van der Waals surface area contributed by atoms with Crippen molar-refractivity contribution in [3.8, 4) is 23.3 Å². The number of methoxy groups -OCH3 is 1. The van der Waals surface area contributed by atoms with E-state index in [0.29, 0.717) is 78.5 Å². The summed E-state index contributed by atoms with van der Waals surface area (Å²) in [4.78, 5) is 10.6. The van der Waals surface area contributed by atoms with Gasteiger partial charge in [0.25, 0.3) is 0 Å². The van der Waals surface area contributed by atoms with E-state index in [4.69, 9.17) is 60.2 Å². The number of rotatable bonds is 9. The Hall–Kier alpha value is -4.17. The normalized spacial score (nSPS) is 13.4. The van der Waals surface area contributed by atoms with Crippen molar-refractivity contribution >= 4 is 63.0 Å². The summed E-state index contributed by atoms with van der Waals surface area (Å²) in [5.74, 6) is 1.83. The molecule has 0 aliphatic carbocycles. The zero-order valence-corrected chi connectivity index (χ0v) is 25.4. The molecule has 222 valence electrons. The molecule has 4 aromatic rings. The maximum Gasteiger partial charge on any atom is 0.188 e. The highest BCUT2D eigenvalue weighted by atomic mass is 35.5. The van der Waals surface area contributed by atoms with E-state index in [1.807, 2.05) is 4.90 Å². The number of nitrogens with zero attached hydrogens (tertiary/aromatic N) is 4. The maximum absolute atomic E-state index is 9.88. The number of nitrogens with two attached hydrogens (primary N) is 1. The van der Waals surface area contributed by atoms with Gasteiger partial charge in [-0.25, -0.2) is 4.98 Å². The molecule has 43 heavy (non-hydrogen) atoms. The van der Waals surface area contributed by atoms with Gasteiger partial charge in [0.05, 0.1) is 51.9 Å². The summed E-state index contributed by atoms with van der Waals surface area (Å²) in [6, 6.07) is 14.2. The summed E-state index contributed by atoms with van der Waals surface area (Å²) in [5.41, 5.74) is 8.12. The molecular formula is C30H28Cl3N7O3. The van der Waals surface area contributed by atoms with Gasteiger partial charge >= 0.3 is 0 Å². The van der Waals surface area contributed by atoms with Gasteiger partial charge in [-0.15, -0.1) is 0 Å². The van der Waals surface area contributed by atoms with Crippen LogP contribution in [0, 0.1) is 22.7 Å². The molecule has 1 aliphatic heterocycles. The molecule has 0 unspecified atom stereocenters. The van der Waals surface area contributed by atoms with E-state index >= 15 is 0 Å². The lowest BCUT2D eigenvalue weighted by Crippen LogP contribution is -2.43. The van der Waals surface area contributed by atoms with Crippen molar-refractivity contribution in [2.75, 3.05) is 32.1 Å². The fraction of sp³-hybridized carbons (Fsp3) is 0.267. The second kappa shape index (κ2) is 13.4. The molecule has 1 fully saturated rings. The minimum atomic E-state index is 0.0991. The molecule has 2 aromatic heterocycles. The van der Waals surface area contributed by atoms with Crippen LogP contribution in [-0.2, 0) is 6.61 Å². The number of piperidine rings is 1. The minimum Gasteiger partial charge on any atom is -0.493 e. The standard InChI is InChI=1S/C30H28Cl3N7O3/c1-41-26-9-20-23(12-27(26)42-15-17-5-7-40(8-6-17)30(35)36)37-14-18(13-34)29(20)39-24-10-22(32)25(11-21(24)31)43-16-19-3-2-4-28(33)38-19/h2-4,9-12,14,17H,5-8,15-16H2,1H3,(H3,35,36)(H,37,39). The Morgan fingerprint density at radius 2 is 1.88 bits per heavy atom. The summed E-state index contributed by atoms with van der Waals surface area (Å²) < 4.78 is 17.7. The van der Waals surface area contributed by atoms with Crippen LogP contribution in [0.2, 0.25) is 15.2 Å². The first-order valence-corrected chi connectivity index (χ1v) is 14.5. The fourth-order valence-corrected chi connectivity index (χ4v) is 5.39. The molecule has 1 saturated heterocycles. The van der Waals surface area contributed by atoms with Crippen LogP contribution in [0.4, 0.5) is 11.4 Å². The second-order valence-electron chi connectivity index (χ2n) is 9.93. The van der Waals surface area contributed by atoms with Crippen molar-refractivity contribution in [2.45, 2.75) is 19.4 Å². The summed E-state index contributed by atoms with van der Waals surface area (Å²) >= 11 is 19.1. The molecule has 0 radical (unpaired) electrons. The van der Waals surface area contributed by atoms with Crippen LogP contribution in [0.1, 0.15) is 24.1 Å². The number of ether oxygens (including phenoxy) is 3. The molecule has 0 atom stereocenters. The van der Waals surface area contributed by atoms with Gasteiger partial charge in [0.2, 0.25) is 0 Å². The highest BCUT2D eigenvalue weighted by molar-refractivity contribution is 6.36. The van der Waals surface area contributed by atoms with Crippen LogP contribution in [-0.4, -0.2) is 47.6 Å². The van der Waals surface area contributed by atoms with E-state index in [9.17, 15) is 5.26 Å². The third-order valence-electron chi connectivity index (χ3n) is 7.13. The quantitative estimate of drug-likeness (QED) is 0.103. The molecule has 2 aromatic carbocycles. The van der Waals surface area contributed by atoms with Crippen LogP contribution in [0.5, 0.6) is 17.2 Å². The van der Waals surface area contributed by atoms with Crippen LogP contribution >= 0.6 is 34.8 Å². The molecule has 13 heteroatoms. The Morgan fingerprint density at radius 1 is 1.09 bits per heavy atom. The zero-order chi connectivity index (χ0) is 30.5. The molecule has 3 heterocycles. The monoisotopic (exact) mass is 639 g/mol. The van der Waals surface area contributed by atoms with E-state index in [0.717, 1.165) is 25.9 Å². The SMILES string of the molecule is COc1cc2c(Nc3cc(Cl)c(OCc4cccc(Cl)n4)cc3Cl)c(C#N)cnc2cc1OCC1CCN(C(=N)N)CC1. The number of nitrogens with one attached hydrogen (secondary N) is 2. The molecule has 4 N–H and O–H groups in total. The van der Waals surface area contributed by atoms with Crippen LogP contribution in [0.3, 0.4) is 0 Å². The Labute approximate surface area is 263 Å². The average Bonchev–Trinajstić information content (AvgIpc) is 3.00. The Kier molecular flexibility index (Phi) is 9.46.